The number of piperidine rings is 1. The number of anilines is 1. The Kier molecular flexibility index (Phi) is 6.51. The highest BCUT2D eigenvalue weighted by atomic mass is 35.5. The van der Waals surface area contributed by atoms with E-state index in [1.54, 1.807) is 30.2 Å². The lowest BCUT2D eigenvalue weighted by Gasteiger charge is -2.43. The number of halogens is 1. The molecule has 1 aromatic carbocycles. The minimum atomic E-state index is -0.312. The van der Waals surface area contributed by atoms with E-state index >= 15 is 0 Å². The van der Waals surface area contributed by atoms with Crippen LogP contribution in [-0.4, -0.2) is 92.5 Å². The highest BCUT2D eigenvalue weighted by molar-refractivity contribution is 6.31. The van der Waals surface area contributed by atoms with Gasteiger partial charge in [0.15, 0.2) is 0 Å². The van der Waals surface area contributed by atoms with E-state index in [1.807, 2.05) is 4.90 Å². The standard InChI is InChI=1S/C22H31ClN4O3/c1-24-7-3-4-18(15-24)25-8-10-26(11-9-25)22(29)16-12-21(28)27(14-16)19-13-17(23)5-6-20(19)30-2/h5-6,13,16,18H,3-4,7-12,14-15H2,1-2H3. The molecule has 0 aromatic heterocycles. The lowest BCUT2D eigenvalue weighted by Crippen LogP contribution is -2.56. The third-order valence-electron chi connectivity index (χ3n) is 6.65. The Morgan fingerprint density at radius 3 is 2.60 bits per heavy atom. The molecule has 2 atom stereocenters. The van der Waals surface area contributed by atoms with Crippen LogP contribution in [0.3, 0.4) is 0 Å². The molecule has 7 nitrogen and oxygen atoms in total. The molecule has 3 fully saturated rings. The van der Waals surface area contributed by atoms with E-state index < -0.39 is 0 Å². The molecule has 8 heteroatoms. The minimum absolute atomic E-state index is 0.0576. The van der Waals surface area contributed by atoms with Gasteiger partial charge in [0, 0.05) is 56.8 Å². The molecule has 0 spiro atoms. The number of likely N-dealkylation sites (N-methyl/N-ethyl adjacent to an activating group) is 1. The summed E-state index contributed by atoms with van der Waals surface area (Å²) in [5.41, 5.74) is 0.636. The van der Waals surface area contributed by atoms with Gasteiger partial charge in [-0.05, 0) is 44.6 Å². The van der Waals surface area contributed by atoms with Gasteiger partial charge in [-0.15, -0.1) is 0 Å². The van der Waals surface area contributed by atoms with Crippen LogP contribution >= 0.6 is 11.6 Å². The van der Waals surface area contributed by atoms with Gasteiger partial charge in [-0.25, -0.2) is 0 Å². The Labute approximate surface area is 183 Å². The zero-order chi connectivity index (χ0) is 21.3. The molecule has 0 N–H and O–H groups in total. The Morgan fingerprint density at radius 2 is 1.90 bits per heavy atom. The smallest absolute Gasteiger partial charge is 0.228 e. The van der Waals surface area contributed by atoms with Crippen LogP contribution in [0.1, 0.15) is 19.3 Å². The number of nitrogens with zero attached hydrogens (tertiary/aromatic N) is 4. The first-order valence-electron chi connectivity index (χ1n) is 10.8. The molecule has 0 radical (unpaired) electrons. The van der Waals surface area contributed by atoms with Crippen LogP contribution in [0.4, 0.5) is 5.69 Å². The number of hydrogen-bond donors (Lipinski definition) is 0. The van der Waals surface area contributed by atoms with Gasteiger partial charge in [0.25, 0.3) is 0 Å². The summed E-state index contributed by atoms with van der Waals surface area (Å²) in [6.07, 6.45) is 2.72. The van der Waals surface area contributed by atoms with Gasteiger partial charge in [0.1, 0.15) is 5.75 Å². The van der Waals surface area contributed by atoms with E-state index in [0.29, 0.717) is 29.0 Å². The van der Waals surface area contributed by atoms with Gasteiger partial charge in [-0.3, -0.25) is 14.5 Å². The summed E-state index contributed by atoms with van der Waals surface area (Å²) in [4.78, 5) is 34.3. The Morgan fingerprint density at radius 1 is 1.13 bits per heavy atom. The molecule has 0 bridgehead atoms. The summed E-state index contributed by atoms with van der Waals surface area (Å²) in [6, 6.07) is 5.81. The fraction of sp³-hybridized carbons (Fsp3) is 0.636. The average Bonchev–Trinajstić information content (AvgIpc) is 3.14. The van der Waals surface area contributed by atoms with Gasteiger partial charge < -0.3 is 19.4 Å². The number of methoxy groups -OCH3 is 1. The van der Waals surface area contributed by atoms with Crippen LogP contribution in [0.15, 0.2) is 18.2 Å². The van der Waals surface area contributed by atoms with E-state index in [2.05, 4.69) is 16.8 Å². The SMILES string of the molecule is COc1ccc(Cl)cc1N1CC(C(=O)N2CCN(C3CCCN(C)C3)CC2)CC1=O. The maximum Gasteiger partial charge on any atom is 0.228 e. The molecule has 30 heavy (non-hydrogen) atoms. The largest absolute Gasteiger partial charge is 0.495 e. The molecule has 2 amide bonds. The highest BCUT2D eigenvalue weighted by Crippen LogP contribution is 2.35. The molecule has 0 saturated carbocycles. The molecule has 3 heterocycles. The van der Waals surface area contributed by atoms with Crippen LogP contribution in [0, 0.1) is 5.92 Å². The summed E-state index contributed by atoms with van der Waals surface area (Å²) in [6.45, 7) is 5.98. The second-order valence-corrected chi connectivity index (χ2v) is 9.08. The fourth-order valence-electron chi connectivity index (χ4n) is 4.98. The number of benzene rings is 1. The van der Waals surface area contributed by atoms with E-state index in [0.717, 1.165) is 32.7 Å². The Balaban J connectivity index is 1.36. The van der Waals surface area contributed by atoms with Crippen LogP contribution in [0.25, 0.3) is 0 Å². The zero-order valence-corrected chi connectivity index (χ0v) is 18.6. The first-order chi connectivity index (χ1) is 14.5. The van der Waals surface area contributed by atoms with Crippen molar-refractivity contribution in [3.05, 3.63) is 23.2 Å². The predicted molar refractivity (Wildman–Crippen MR) is 117 cm³/mol. The molecule has 3 aliphatic heterocycles. The Bertz CT molecular complexity index is 797. The van der Waals surface area contributed by atoms with Crippen molar-refractivity contribution in [2.75, 3.05) is 64.9 Å². The van der Waals surface area contributed by atoms with Gasteiger partial charge >= 0.3 is 0 Å². The zero-order valence-electron chi connectivity index (χ0n) is 17.8. The molecule has 4 rings (SSSR count). The number of carbonyl (C=O) groups is 2. The van der Waals surface area contributed by atoms with E-state index in [-0.39, 0.29) is 24.2 Å². The van der Waals surface area contributed by atoms with Crippen LogP contribution in [0.2, 0.25) is 5.02 Å². The second-order valence-electron chi connectivity index (χ2n) is 8.64. The summed E-state index contributed by atoms with van der Waals surface area (Å²) >= 11 is 6.13. The number of piperazine rings is 1. The van der Waals surface area contributed by atoms with Gasteiger partial charge in [-0.1, -0.05) is 11.6 Å². The van der Waals surface area contributed by atoms with E-state index in [4.69, 9.17) is 16.3 Å². The third-order valence-corrected chi connectivity index (χ3v) is 6.88. The molecule has 3 aliphatic rings. The number of likely N-dealkylation sites (tertiary alicyclic amines) is 1. The maximum absolute atomic E-state index is 13.1. The molecule has 3 saturated heterocycles. The maximum atomic E-state index is 13.1. The molecule has 164 valence electrons. The number of ether oxygens (including phenoxy) is 1. The molecule has 1 aromatic rings. The van der Waals surface area contributed by atoms with Crippen molar-refractivity contribution >= 4 is 29.1 Å². The fourth-order valence-corrected chi connectivity index (χ4v) is 5.15. The summed E-state index contributed by atoms with van der Waals surface area (Å²) in [7, 11) is 3.75. The second kappa shape index (κ2) is 9.12. The van der Waals surface area contributed by atoms with Crippen molar-refractivity contribution in [3.8, 4) is 5.75 Å². The molecular weight excluding hydrogens is 404 g/mol. The minimum Gasteiger partial charge on any atom is -0.495 e. The van der Waals surface area contributed by atoms with Crippen molar-refractivity contribution in [1.82, 2.24) is 14.7 Å². The van der Waals surface area contributed by atoms with Gasteiger partial charge in [0.2, 0.25) is 11.8 Å². The van der Waals surface area contributed by atoms with Crippen molar-refractivity contribution in [2.24, 2.45) is 5.92 Å². The molecule has 2 unspecified atom stereocenters. The van der Waals surface area contributed by atoms with Gasteiger partial charge in [-0.2, -0.15) is 0 Å². The van der Waals surface area contributed by atoms with Crippen molar-refractivity contribution < 1.29 is 14.3 Å². The summed E-state index contributed by atoms with van der Waals surface area (Å²) in [5, 5.41) is 0.540. The normalized spacial score (nSPS) is 26.3. The number of hydrogen-bond acceptors (Lipinski definition) is 5. The predicted octanol–water partition coefficient (Wildman–Crippen LogP) is 1.94. The molecule has 0 aliphatic carbocycles. The monoisotopic (exact) mass is 434 g/mol. The van der Waals surface area contributed by atoms with E-state index in [1.165, 1.54) is 19.4 Å². The average molecular weight is 435 g/mol. The first-order valence-corrected chi connectivity index (χ1v) is 11.2. The Hall–Kier alpha value is -1.83. The van der Waals surface area contributed by atoms with E-state index in [9.17, 15) is 9.59 Å². The highest BCUT2D eigenvalue weighted by Gasteiger charge is 2.39. The number of rotatable bonds is 4. The van der Waals surface area contributed by atoms with Crippen molar-refractivity contribution in [2.45, 2.75) is 25.3 Å². The topological polar surface area (TPSA) is 56.3 Å². The number of amides is 2. The first kappa shape index (κ1) is 21.4. The van der Waals surface area contributed by atoms with Crippen LogP contribution in [0.5, 0.6) is 5.75 Å². The van der Waals surface area contributed by atoms with Crippen molar-refractivity contribution in [1.29, 1.82) is 0 Å². The van der Waals surface area contributed by atoms with Crippen LogP contribution in [-0.2, 0) is 9.59 Å². The van der Waals surface area contributed by atoms with Crippen LogP contribution < -0.4 is 9.64 Å². The summed E-state index contributed by atoms with van der Waals surface area (Å²) < 4.78 is 5.39. The third kappa shape index (κ3) is 4.43. The van der Waals surface area contributed by atoms with Gasteiger partial charge in [0.05, 0.1) is 18.7 Å². The molecular formula is C22H31ClN4O3. The lowest BCUT2D eigenvalue weighted by atomic mass is 10.0. The number of carbonyl (C=O) groups excluding carboxylic acids is 2. The quantitative estimate of drug-likeness (QED) is 0.724. The van der Waals surface area contributed by atoms with Crippen molar-refractivity contribution in [3.63, 3.8) is 0 Å². The summed E-state index contributed by atoms with van der Waals surface area (Å²) in [5.74, 6) is 0.311. The lowest BCUT2D eigenvalue weighted by molar-refractivity contribution is -0.138.